The van der Waals surface area contributed by atoms with Crippen molar-refractivity contribution in [2.45, 2.75) is 0 Å². The zero-order valence-corrected chi connectivity index (χ0v) is 3.95. The molecule has 0 aliphatic heterocycles. The fourth-order valence-electron chi connectivity index (χ4n) is 0. The maximum absolute atomic E-state index is 9.07. The molecule has 0 aromatic heterocycles. The van der Waals surface area contributed by atoms with E-state index in [-0.39, 0.29) is 0 Å². The lowest BCUT2D eigenvalue weighted by Crippen LogP contribution is -1.31. The zero-order valence-electron chi connectivity index (χ0n) is 2.13. The molecule has 0 saturated carbocycles. The Morgan fingerprint density at radius 3 is 1.60 bits per heavy atom. The van der Waals surface area contributed by atoms with Crippen LogP contribution in [-0.2, 0) is 14.4 Å². The molecule has 0 fully saturated rings. The first-order valence-electron chi connectivity index (χ1n) is 0.742. The van der Waals surface area contributed by atoms with E-state index in [4.69, 9.17) is 13.0 Å². The first-order valence-corrected chi connectivity index (χ1v) is 3.45. The highest BCUT2D eigenvalue weighted by molar-refractivity contribution is 8.00. The summed E-state index contributed by atoms with van der Waals surface area (Å²) < 4.78 is 27.2. The molecule has 0 radical (unpaired) electrons. The molecule has 30 valence electrons. The van der Waals surface area contributed by atoms with Crippen molar-refractivity contribution >= 4 is 17.1 Å². The monoisotopic (exact) mass is 112 g/mol. The molecule has 0 heterocycles. The van der Waals surface area contributed by atoms with Gasteiger partial charge in [0.05, 0.1) is 0 Å². The van der Waals surface area contributed by atoms with Crippen molar-refractivity contribution in [1.29, 1.82) is 0 Å². The second-order valence-corrected chi connectivity index (χ2v) is 2.45. The molecule has 0 saturated heterocycles. The molecule has 0 bridgehead atoms. The molecule has 0 amide bonds. The molecule has 0 rings (SSSR count). The van der Waals surface area contributed by atoms with Gasteiger partial charge in [0.2, 0.25) is 7.24 Å². The molecule has 0 spiro atoms. The van der Waals surface area contributed by atoms with Crippen LogP contribution in [-0.4, -0.2) is 8.42 Å². The molecular formula is HO3PS. The lowest BCUT2D eigenvalue weighted by Gasteiger charge is -1.23. The smallest absolute Gasteiger partial charge is 0.266 e. The highest BCUT2D eigenvalue weighted by atomic mass is 32.5. The number of rotatable bonds is 0. The Bertz CT molecular complexity index is 138. The summed E-state index contributed by atoms with van der Waals surface area (Å²) in [7, 11) is -3.57. The predicted molar refractivity (Wildman–Crippen MR) is 17.9 cm³/mol. The molecular weight excluding hydrogens is 111 g/mol. The summed E-state index contributed by atoms with van der Waals surface area (Å²) in [5, 5.41) is 0. The average Bonchev–Trinajstić information content (AvgIpc) is 1.38. The summed E-state index contributed by atoms with van der Waals surface area (Å²) in [6.45, 7) is 0. The van der Waals surface area contributed by atoms with Crippen molar-refractivity contribution < 1.29 is 13.0 Å². The second-order valence-electron chi connectivity index (χ2n) is 0.318. The van der Waals surface area contributed by atoms with E-state index >= 15 is 0 Å². The Hall–Kier alpha value is -0.0800. The predicted octanol–water partition coefficient (Wildman–Crippen LogP) is -0.195. The van der Waals surface area contributed by atoms with Crippen LogP contribution in [0, 0.1) is 0 Å². The summed E-state index contributed by atoms with van der Waals surface area (Å²) in [4.78, 5) is 0. The topological polar surface area (TPSA) is 51.2 Å². The normalized spacial score (nSPS) is 8.00. The van der Waals surface area contributed by atoms with Gasteiger partial charge in [0, 0.05) is 0 Å². The van der Waals surface area contributed by atoms with E-state index in [2.05, 4.69) is 0 Å². The van der Waals surface area contributed by atoms with Gasteiger partial charge >= 0.3 is 0 Å². The van der Waals surface area contributed by atoms with Gasteiger partial charge in [-0.1, -0.05) is 0 Å². The Kier molecular flexibility index (Phi) is 2.14. The van der Waals surface area contributed by atoms with Gasteiger partial charge in [-0.05, 0) is 0 Å². The van der Waals surface area contributed by atoms with Crippen molar-refractivity contribution in [3.05, 3.63) is 0 Å². The molecule has 3 nitrogen and oxygen atoms in total. The van der Waals surface area contributed by atoms with E-state index in [1.807, 2.05) is 0 Å². The van der Waals surface area contributed by atoms with E-state index in [1.165, 1.54) is 0 Å². The van der Waals surface area contributed by atoms with Gasteiger partial charge < -0.3 is 0 Å². The molecule has 0 aliphatic rings. The van der Waals surface area contributed by atoms with Gasteiger partial charge in [0.25, 0.3) is 9.88 Å². The van der Waals surface area contributed by atoms with Gasteiger partial charge in [-0.15, -0.1) is 0 Å². The SMILES string of the molecule is O=[PH]=S(=O)=O. The van der Waals surface area contributed by atoms with Crippen LogP contribution in [0.15, 0.2) is 0 Å². The Labute approximate surface area is 31.0 Å². The van der Waals surface area contributed by atoms with Crippen molar-refractivity contribution in [2.24, 2.45) is 0 Å². The average molecular weight is 112 g/mol. The van der Waals surface area contributed by atoms with Crippen molar-refractivity contribution in [3.8, 4) is 0 Å². The van der Waals surface area contributed by atoms with Crippen LogP contribution >= 0.6 is 7.24 Å². The summed E-state index contributed by atoms with van der Waals surface area (Å²) in [5.74, 6) is 0. The zero-order chi connectivity index (χ0) is 4.28. The van der Waals surface area contributed by atoms with Crippen LogP contribution in [0.3, 0.4) is 0 Å². The summed E-state index contributed by atoms with van der Waals surface area (Å²) >= 11 is 0. The standard InChI is InChI=1S/HO3PS/c1-4-5(2)3/h4H. The molecule has 1 atom stereocenters. The third kappa shape index (κ3) is 3.92. The van der Waals surface area contributed by atoms with E-state index in [9.17, 15) is 0 Å². The van der Waals surface area contributed by atoms with Gasteiger partial charge in [-0.3, -0.25) is 4.57 Å². The highest BCUT2D eigenvalue weighted by Crippen LogP contribution is 1.61. The first kappa shape index (κ1) is 4.92. The van der Waals surface area contributed by atoms with E-state index in [1.54, 1.807) is 0 Å². The quantitative estimate of drug-likeness (QED) is 0.408. The van der Waals surface area contributed by atoms with Gasteiger partial charge in [-0.2, -0.15) is 8.42 Å². The lowest BCUT2D eigenvalue weighted by atomic mass is 15.9. The minimum absolute atomic E-state index is 1.22. The molecule has 0 N–H and O–H groups in total. The number of hydrogen-bond acceptors (Lipinski definition) is 3. The first-order chi connectivity index (χ1) is 2.27. The van der Waals surface area contributed by atoms with E-state index < -0.39 is 17.1 Å². The van der Waals surface area contributed by atoms with Crippen LogP contribution in [0.5, 0.6) is 0 Å². The lowest BCUT2D eigenvalue weighted by molar-refractivity contribution is 0.601. The number of hydrogen-bond donors (Lipinski definition) is 0. The Morgan fingerprint density at radius 2 is 1.60 bits per heavy atom. The van der Waals surface area contributed by atoms with Crippen molar-refractivity contribution in [1.82, 2.24) is 0 Å². The fraction of sp³-hybridized carbons (Fsp3) is 0. The van der Waals surface area contributed by atoms with Crippen molar-refractivity contribution in [3.63, 3.8) is 0 Å². The third-order valence-electron chi connectivity index (χ3n) is 0.0680. The van der Waals surface area contributed by atoms with Crippen LogP contribution < -0.4 is 0 Å². The van der Waals surface area contributed by atoms with E-state index in [0.29, 0.717) is 0 Å². The van der Waals surface area contributed by atoms with Crippen LogP contribution in [0.4, 0.5) is 0 Å². The maximum atomic E-state index is 9.07. The summed E-state index contributed by atoms with van der Waals surface area (Å²) in [5.41, 5.74) is 0. The fourth-order valence-corrected chi connectivity index (χ4v) is 0. The molecule has 0 aliphatic carbocycles. The Balaban J connectivity index is 5.08. The summed E-state index contributed by atoms with van der Waals surface area (Å²) in [6.07, 6.45) is 0. The Morgan fingerprint density at radius 1 is 1.40 bits per heavy atom. The van der Waals surface area contributed by atoms with E-state index in [0.717, 1.165) is 0 Å². The van der Waals surface area contributed by atoms with Crippen molar-refractivity contribution in [2.75, 3.05) is 0 Å². The van der Waals surface area contributed by atoms with Gasteiger partial charge in [0.15, 0.2) is 0 Å². The van der Waals surface area contributed by atoms with Gasteiger partial charge in [0.1, 0.15) is 0 Å². The molecule has 0 aromatic carbocycles. The minimum Gasteiger partial charge on any atom is -0.269 e. The molecule has 5 heavy (non-hydrogen) atoms. The second kappa shape index (κ2) is 2.18. The minimum atomic E-state index is -2.35. The largest absolute Gasteiger partial charge is 0.269 e. The van der Waals surface area contributed by atoms with Crippen LogP contribution in [0.1, 0.15) is 0 Å². The maximum Gasteiger partial charge on any atom is 0.266 e. The van der Waals surface area contributed by atoms with Crippen LogP contribution in [0.2, 0.25) is 0 Å². The molecule has 0 aromatic rings. The molecule has 5 heteroatoms. The summed E-state index contributed by atoms with van der Waals surface area (Å²) in [6, 6.07) is 0. The third-order valence-corrected chi connectivity index (χ3v) is 0.612. The van der Waals surface area contributed by atoms with Gasteiger partial charge in [-0.25, -0.2) is 0 Å². The van der Waals surface area contributed by atoms with Crippen LogP contribution in [0.25, 0.3) is 0 Å². The highest BCUT2D eigenvalue weighted by Gasteiger charge is 1.43. The molecule has 1 unspecified atom stereocenters.